The van der Waals surface area contributed by atoms with Gasteiger partial charge in [0.2, 0.25) is 0 Å². The molecular formula is C21H30FNO2. The molecule has 1 unspecified atom stereocenters. The van der Waals surface area contributed by atoms with E-state index in [-0.39, 0.29) is 11.7 Å². The Morgan fingerprint density at radius 1 is 0.960 bits per heavy atom. The zero-order chi connectivity index (χ0) is 17.6. The van der Waals surface area contributed by atoms with Crippen LogP contribution in [0.15, 0.2) is 24.3 Å². The number of carbonyl (C=O) groups is 1. The summed E-state index contributed by atoms with van der Waals surface area (Å²) in [5.74, 6) is 0.356. The minimum atomic E-state index is -0.533. The first-order chi connectivity index (χ1) is 12.1. The van der Waals surface area contributed by atoms with Gasteiger partial charge in [-0.2, -0.15) is 0 Å². The Labute approximate surface area is 150 Å². The Morgan fingerprint density at radius 3 is 1.92 bits per heavy atom. The lowest BCUT2D eigenvalue weighted by Gasteiger charge is -2.42. The van der Waals surface area contributed by atoms with Crippen LogP contribution in [0.4, 0.5) is 4.39 Å². The average molecular weight is 347 g/mol. The van der Waals surface area contributed by atoms with E-state index in [1.165, 1.54) is 50.7 Å². The molecule has 0 heterocycles. The SMILES string of the molecule is CC(Oc1ccc(F)cc1)C(=O)N(C1CCCCC1)C1CCCCC1. The Balaban J connectivity index is 1.71. The lowest BCUT2D eigenvalue weighted by atomic mass is 9.88. The first kappa shape index (κ1) is 18.2. The van der Waals surface area contributed by atoms with E-state index in [0.717, 1.165) is 25.7 Å². The molecule has 0 N–H and O–H groups in total. The van der Waals surface area contributed by atoms with E-state index in [0.29, 0.717) is 17.8 Å². The van der Waals surface area contributed by atoms with Crippen molar-refractivity contribution in [3.63, 3.8) is 0 Å². The number of hydrogen-bond acceptors (Lipinski definition) is 2. The molecule has 138 valence electrons. The van der Waals surface area contributed by atoms with Crippen molar-refractivity contribution in [2.24, 2.45) is 0 Å². The van der Waals surface area contributed by atoms with Gasteiger partial charge in [-0.25, -0.2) is 4.39 Å². The summed E-state index contributed by atoms with van der Waals surface area (Å²) in [5.41, 5.74) is 0. The Kier molecular flexibility index (Phi) is 6.33. The van der Waals surface area contributed by atoms with Gasteiger partial charge in [-0.05, 0) is 56.9 Å². The third-order valence-corrected chi connectivity index (χ3v) is 5.66. The quantitative estimate of drug-likeness (QED) is 0.743. The van der Waals surface area contributed by atoms with Gasteiger partial charge in [-0.1, -0.05) is 38.5 Å². The van der Waals surface area contributed by atoms with Crippen molar-refractivity contribution in [2.75, 3.05) is 0 Å². The third kappa shape index (κ3) is 4.74. The highest BCUT2D eigenvalue weighted by Gasteiger charge is 2.35. The standard InChI is InChI=1S/C21H30FNO2/c1-16(25-20-14-12-17(22)13-15-20)21(24)23(18-8-4-2-5-9-18)19-10-6-3-7-11-19/h12-16,18-19H,2-11H2,1H3. The number of rotatable bonds is 5. The second-order valence-electron chi connectivity index (χ2n) is 7.54. The van der Waals surface area contributed by atoms with E-state index >= 15 is 0 Å². The molecule has 0 saturated heterocycles. The number of hydrogen-bond donors (Lipinski definition) is 0. The largest absolute Gasteiger partial charge is 0.481 e. The Hall–Kier alpha value is -1.58. The van der Waals surface area contributed by atoms with E-state index in [4.69, 9.17) is 4.74 Å². The molecular weight excluding hydrogens is 317 g/mol. The molecule has 0 radical (unpaired) electrons. The van der Waals surface area contributed by atoms with E-state index in [9.17, 15) is 9.18 Å². The van der Waals surface area contributed by atoms with Crippen LogP contribution in [0, 0.1) is 5.82 Å². The topological polar surface area (TPSA) is 29.5 Å². The van der Waals surface area contributed by atoms with Gasteiger partial charge in [0.25, 0.3) is 5.91 Å². The maximum Gasteiger partial charge on any atom is 0.263 e. The number of benzene rings is 1. The van der Waals surface area contributed by atoms with Crippen molar-refractivity contribution in [1.82, 2.24) is 4.90 Å². The van der Waals surface area contributed by atoms with E-state index in [1.54, 1.807) is 12.1 Å². The van der Waals surface area contributed by atoms with Gasteiger partial charge in [-0.3, -0.25) is 4.79 Å². The molecule has 1 amide bonds. The normalized spacial score (nSPS) is 20.9. The highest BCUT2D eigenvalue weighted by atomic mass is 19.1. The molecule has 2 saturated carbocycles. The monoisotopic (exact) mass is 347 g/mol. The minimum Gasteiger partial charge on any atom is -0.481 e. The maximum absolute atomic E-state index is 13.2. The fraction of sp³-hybridized carbons (Fsp3) is 0.667. The molecule has 2 fully saturated rings. The summed E-state index contributed by atoms with van der Waals surface area (Å²) < 4.78 is 18.9. The van der Waals surface area contributed by atoms with Crippen LogP contribution in [-0.4, -0.2) is 29.0 Å². The molecule has 0 aromatic heterocycles. The molecule has 3 rings (SSSR count). The lowest BCUT2D eigenvalue weighted by Crippen LogP contribution is -2.52. The zero-order valence-electron chi connectivity index (χ0n) is 15.3. The summed E-state index contributed by atoms with van der Waals surface area (Å²) >= 11 is 0. The van der Waals surface area contributed by atoms with Crippen LogP contribution in [0.3, 0.4) is 0 Å². The van der Waals surface area contributed by atoms with E-state index in [2.05, 4.69) is 4.90 Å². The van der Waals surface area contributed by atoms with Crippen LogP contribution in [0.2, 0.25) is 0 Å². The van der Waals surface area contributed by atoms with Crippen molar-refractivity contribution < 1.29 is 13.9 Å². The van der Waals surface area contributed by atoms with Gasteiger partial charge in [0, 0.05) is 12.1 Å². The number of ether oxygens (including phenoxy) is 1. The van der Waals surface area contributed by atoms with Crippen LogP contribution < -0.4 is 4.74 Å². The molecule has 0 spiro atoms. The molecule has 1 aromatic carbocycles. The highest BCUT2D eigenvalue weighted by Crippen LogP contribution is 2.31. The van der Waals surface area contributed by atoms with Crippen LogP contribution in [0.1, 0.15) is 71.1 Å². The van der Waals surface area contributed by atoms with Crippen molar-refractivity contribution in [1.29, 1.82) is 0 Å². The van der Waals surface area contributed by atoms with Gasteiger partial charge in [0.15, 0.2) is 6.10 Å². The van der Waals surface area contributed by atoms with Gasteiger partial charge in [0.05, 0.1) is 0 Å². The third-order valence-electron chi connectivity index (χ3n) is 5.66. The fourth-order valence-electron chi connectivity index (χ4n) is 4.35. The van der Waals surface area contributed by atoms with Crippen LogP contribution >= 0.6 is 0 Å². The predicted molar refractivity (Wildman–Crippen MR) is 97.1 cm³/mol. The Bertz CT molecular complexity index is 530. The van der Waals surface area contributed by atoms with Gasteiger partial charge >= 0.3 is 0 Å². The molecule has 4 heteroatoms. The number of carbonyl (C=O) groups excluding carboxylic acids is 1. The Morgan fingerprint density at radius 2 is 1.44 bits per heavy atom. The van der Waals surface area contributed by atoms with Gasteiger partial charge in [0.1, 0.15) is 11.6 Å². The molecule has 3 nitrogen and oxygen atoms in total. The van der Waals surface area contributed by atoms with Gasteiger partial charge in [-0.15, -0.1) is 0 Å². The van der Waals surface area contributed by atoms with Gasteiger partial charge < -0.3 is 9.64 Å². The number of nitrogens with zero attached hydrogens (tertiary/aromatic N) is 1. The molecule has 1 aromatic rings. The van der Waals surface area contributed by atoms with E-state index in [1.807, 2.05) is 6.92 Å². The summed E-state index contributed by atoms with van der Waals surface area (Å²) in [6.07, 6.45) is 11.4. The summed E-state index contributed by atoms with van der Waals surface area (Å²) in [7, 11) is 0. The molecule has 2 aliphatic rings. The summed E-state index contributed by atoms with van der Waals surface area (Å²) in [6.45, 7) is 1.82. The first-order valence-corrected chi connectivity index (χ1v) is 9.89. The summed E-state index contributed by atoms with van der Waals surface area (Å²) in [4.78, 5) is 15.4. The second kappa shape index (κ2) is 8.68. The minimum absolute atomic E-state index is 0.100. The van der Waals surface area contributed by atoms with Crippen LogP contribution in [-0.2, 0) is 4.79 Å². The molecule has 1 atom stereocenters. The lowest BCUT2D eigenvalue weighted by molar-refractivity contribution is -0.145. The number of amides is 1. The average Bonchev–Trinajstić information content (AvgIpc) is 2.65. The molecule has 25 heavy (non-hydrogen) atoms. The zero-order valence-corrected chi connectivity index (χ0v) is 15.3. The summed E-state index contributed by atoms with van der Waals surface area (Å²) in [6, 6.07) is 6.64. The van der Waals surface area contributed by atoms with E-state index < -0.39 is 6.10 Å². The number of halogens is 1. The van der Waals surface area contributed by atoms with Crippen LogP contribution in [0.5, 0.6) is 5.75 Å². The van der Waals surface area contributed by atoms with Crippen molar-refractivity contribution >= 4 is 5.91 Å². The second-order valence-corrected chi connectivity index (χ2v) is 7.54. The maximum atomic E-state index is 13.2. The molecule has 2 aliphatic carbocycles. The van der Waals surface area contributed by atoms with Crippen molar-refractivity contribution in [2.45, 2.75) is 89.3 Å². The van der Waals surface area contributed by atoms with Crippen molar-refractivity contribution in [3.8, 4) is 5.75 Å². The fourth-order valence-corrected chi connectivity index (χ4v) is 4.35. The first-order valence-electron chi connectivity index (χ1n) is 9.89. The molecule has 0 aliphatic heterocycles. The highest BCUT2D eigenvalue weighted by molar-refractivity contribution is 5.81. The summed E-state index contributed by atoms with van der Waals surface area (Å²) in [5, 5.41) is 0. The molecule has 0 bridgehead atoms. The smallest absolute Gasteiger partial charge is 0.263 e. The predicted octanol–water partition coefficient (Wildman–Crippen LogP) is 5.09. The van der Waals surface area contributed by atoms with Crippen LogP contribution in [0.25, 0.3) is 0 Å². The van der Waals surface area contributed by atoms with Crippen molar-refractivity contribution in [3.05, 3.63) is 30.1 Å².